The van der Waals surface area contributed by atoms with Gasteiger partial charge in [-0.15, -0.1) is 0 Å². The molecule has 0 atom stereocenters. The van der Waals surface area contributed by atoms with E-state index < -0.39 is 0 Å². The molecule has 0 unspecified atom stereocenters. The van der Waals surface area contributed by atoms with Crippen molar-refractivity contribution in [1.29, 1.82) is 0 Å². The maximum atomic E-state index is 11.4. The number of carbonyl (C=O) groups excluding carboxylic acids is 2. The molecule has 2 amide bonds. The Bertz CT molecular complexity index is 353. The first-order chi connectivity index (χ1) is 8.22. The first-order valence-electron chi connectivity index (χ1n) is 5.38. The summed E-state index contributed by atoms with van der Waals surface area (Å²) in [7, 11) is 0. The molecule has 17 heavy (non-hydrogen) atoms. The smallest absolute Gasteiger partial charge is 0.224 e. The van der Waals surface area contributed by atoms with E-state index in [-0.39, 0.29) is 11.8 Å². The molecule has 7 heteroatoms. The van der Waals surface area contributed by atoms with E-state index >= 15 is 0 Å². The Balaban J connectivity index is 2.06. The number of amides is 2. The van der Waals surface area contributed by atoms with Gasteiger partial charge in [0.1, 0.15) is 0 Å². The van der Waals surface area contributed by atoms with E-state index in [1.807, 2.05) is 0 Å². The van der Waals surface area contributed by atoms with Gasteiger partial charge in [0.2, 0.25) is 11.8 Å². The molecule has 94 valence electrons. The van der Waals surface area contributed by atoms with Crippen molar-refractivity contribution in [3.05, 3.63) is 12.4 Å². The Morgan fingerprint density at radius 1 is 1.35 bits per heavy atom. The minimum atomic E-state index is -0.0881. The van der Waals surface area contributed by atoms with E-state index in [4.69, 9.17) is 0 Å². The minimum Gasteiger partial charge on any atom is -0.356 e. The first-order valence-corrected chi connectivity index (χ1v) is 6.02. The van der Waals surface area contributed by atoms with Gasteiger partial charge in [0.15, 0.2) is 0 Å². The van der Waals surface area contributed by atoms with Crippen LogP contribution < -0.4 is 10.6 Å². The fourth-order valence-corrected chi connectivity index (χ4v) is 1.41. The van der Waals surface area contributed by atoms with Gasteiger partial charge in [-0.2, -0.15) is 17.7 Å². The molecule has 0 aliphatic heterocycles. The number of thiol groups is 1. The molecule has 1 aromatic rings. The standard InChI is InChI=1S/C10H16N4O2S/c15-9(3-5-17)11-4-1-2-10(16)14-8-6-12-13-7-8/h6-7,17H,1-5H2,(H,11,15)(H,12,13)(H,14,16). The maximum Gasteiger partial charge on any atom is 0.224 e. The number of carbonyl (C=O) groups is 2. The molecule has 0 radical (unpaired) electrons. The second-order valence-electron chi connectivity index (χ2n) is 3.46. The number of nitrogens with one attached hydrogen (secondary N) is 3. The lowest BCUT2D eigenvalue weighted by Crippen LogP contribution is -2.25. The van der Waals surface area contributed by atoms with Crippen LogP contribution in [-0.4, -0.2) is 34.3 Å². The summed E-state index contributed by atoms with van der Waals surface area (Å²) in [6.45, 7) is 0.505. The Morgan fingerprint density at radius 2 is 2.18 bits per heavy atom. The average molecular weight is 256 g/mol. The van der Waals surface area contributed by atoms with E-state index in [1.165, 1.54) is 6.20 Å². The van der Waals surface area contributed by atoms with Gasteiger partial charge in [0.25, 0.3) is 0 Å². The van der Waals surface area contributed by atoms with E-state index in [0.29, 0.717) is 37.2 Å². The lowest BCUT2D eigenvalue weighted by Gasteiger charge is -2.04. The molecule has 3 N–H and O–H groups in total. The normalized spacial score (nSPS) is 9.94. The van der Waals surface area contributed by atoms with Gasteiger partial charge in [-0.3, -0.25) is 14.7 Å². The van der Waals surface area contributed by atoms with E-state index in [9.17, 15) is 9.59 Å². The zero-order valence-corrected chi connectivity index (χ0v) is 10.3. The fraction of sp³-hybridized carbons (Fsp3) is 0.500. The SMILES string of the molecule is O=C(CCS)NCCCC(=O)Nc1cn[nH]c1. The Labute approximate surface area is 105 Å². The molecule has 0 aliphatic rings. The number of nitrogens with zero attached hydrogens (tertiary/aromatic N) is 1. The Morgan fingerprint density at radius 3 is 2.82 bits per heavy atom. The average Bonchev–Trinajstić information content (AvgIpc) is 2.77. The van der Waals surface area contributed by atoms with E-state index in [0.717, 1.165) is 0 Å². The second-order valence-corrected chi connectivity index (χ2v) is 3.91. The summed E-state index contributed by atoms with van der Waals surface area (Å²) in [6, 6.07) is 0. The lowest BCUT2D eigenvalue weighted by atomic mass is 10.3. The van der Waals surface area contributed by atoms with Crippen molar-refractivity contribution in [3.8, 4) is 0 Å². The van der Waals surface area contributed by atoms with Gasteiger partial charge >= 0.3 is 0 Å². The highest BCUT2D eigenvalue weighted by Gasteiger charge is 2.03. The van der Waals surface area contributed by atoms with E-state index in [2.05, 4.69) is 33.5 Å². The van der Waals surface area contributed by atoms with Crippen LogP contribution in [0.5, 0.6) is 0 Å². The molecule has 0 aromatic carbocycles. The second kappa shape index (κ2) is 7.72. The van der Waals surface area contributed by atoms with Crippen LogP contribution in [0.25, 0.3) is 0 Å². The molecule has 0 aliphatic carbocycles. The highest BCUT2D eigenvalue weighted by molar-refractivity contribution is 7.80. The molecular weight excluding hydrogens is 240 g/mol. The number of anilines is 1. The summed E-state index contributed by atoms with van der Waals surface area (Å²) in [5.41, 5.74) is 0.647. The van der Waals surface area contributed by atoms with Gasteiger partial charge < -0.3 is 10.6 Å². The fourth-order valence-electron chi connectivity index (χ4n) is 1.21. The summed E-state index contributed by atoms with van der Waals surface area (Å²) < 4.78 is 0. The number of aromatic nitrogens is 2. The summed E-state index contributed by atoms with van der Waals surface area (Å²) in [5.74, 6) is 0.414. The number of hydrogen-bond donors (Lipinski definition) is 4. The monoisotopic (exact) mass is 256 g/mol. The molecule has 0 fully saturated rings. The van der Waals surface area contributed by atoms with E-state index in [1.54, 1.807) is 6.20 Å². The van der Waals surface area contributed by atoms with Crippen LogP contribution in [0.2, 0.25) is 0 Å². The number of rotatable bonds is 7. The highest BCUT2D eigenvalue weighted by atomic mass is 32.1. The molecule has 0 spiro atoms. The molecule has 1 aromatic heterocycles. The summed E-state index contributed by atoms with van der Waals surface area (Å²) >= 11 is 3.95. The Kier molecular flexibility index (Phi) is 6.16. The van der Waals surface area contributed by atoms with Crippen LogP contribution in [0.3, 0.4) is 0 Å². The van der Waals surface area contributed by atoms with Crippen molar-refractivity contribution < 1.29 is 9.59 Å². The molecule has 1 rings (SSSR count). The third-order valence-electron chi connectivity index (χ3n) is 2.02. The largest absolute Gasteiger partial charge is 0.356 e. The van der Waals surface area contributed by atoms with Gasteiger partial charge in [-0.05, 0) is 12.2 Å². The Hall–Kier alpha value is -1.50. The third-order valence-corrected chi connectivity index (χ3v) is 2.25. The van der Waals surface area contributed by atoms with Crippen LogP contribution in [0.1, 0.15) is 19.3 Å². The van der Waals surface area contributed by atoms with Crippen molar-refractivity contribution in [2.45, 2.75) is 19.3 Å². The summed E-state index contributed by atoms with van der Waals surface area (Å²) in [6.07, 6.45) is 4.53. The predicted molar refractivity (Wildman–Crippen MR) is 67.9 cm³/mol. The third kappa shape index (κ3) is 5.96. The van der Waals surface area contributed by atoms with Crippen molar-refractivity contribution in [3.63, 3.8) is 0 Å². The van der Waals surface area contributed by atoms with Crippen LogP contribution in [0, 0.1) is 0 Å². The van der Waals surface area contributed by atoms with Gasteiger partial charge in [0, 0.05) is 25.6 Å². The first kappa shape index (κ1) is 13.6. The van der Waals surface area contributed by atoms with Crippen LogP contribution in [-0.2, 0) is 9.59 Å². The van der Waals surface area contributed by atoms with Crippen molar-refractivity contribution >= 4 is 30.1 Å². The molecular formula is C10H16N4O2S. The lowest BCUT2D eigenvalue weighted by molar-refractivity contribution is -0.121. The number of aromatic amines is 1. The van der Waals surface area contributed by atoms with Gasteiger partial charge in [-0.1, -0.05) is 0 Å². The van der Waals surface area contributed by atoms with Crippen molar-refractivity contribution in [2.24, 2.45) is 0 Å². The van der Waals surface area contributed by atoms with Crippen molar-refractivity contribution in [1.82, 2.24) is 15.5 Å². The summed E-state index contributed by atoms with van der Waals surface area (Å²) in [4.78, 5) is 22.5. The zero-order valence-electron chi connectivity index (χ0n) is 9.40. The van der Waals surface area contributed by atoms with Crippen LogP contribution in [0.4, 0.5) is 5.69 Å². The zero-order chi connectivity index (χ0) is 12.5. The van der Waals surface area contributed by atoms with Crippen LogP contribution >= 0.6 is 12.6 Å². The van der Waals surface area contributed by atoms with Crippen molar-refractivity contribution in [2.75, 3.05) is 17.6 Å². The molecule has 0 bridgehead atoms. The maximum absolute atomic E-state index is 11.4. The minimum absolute atomic E-state index is 0.0322. The van der Waals surface area contributed by atoms with Gasteiger partial charge in [-0.25, -0.2) is 0 Å². The molecule has 6 nitrogen and oxygen atoms in total. The van der Waals surface area contributed by atoms with Gasteiger partial charge in [0.05, 0.1) is 11.9 Å². The quantitative estimate of drug-likeness (QED) is 0.425. The molecule has 0 saturated heterocycles. The van der Waals surface area contributed by atoms with Crippen LogP contribution in [0.15, 0.2) is 12.4 Å². The predicted octanol–water partition coefficient (Wildman–Crippen LogP) is 0.564. The number of hydrogen-bond acceptors (Lipinski definition) is 4. The highest BCUT2D eigenvalue weighted by Crippen LogP contribution is 2.02. The molecule has 1 heterocycles. The molecule has 0 saturated carbocycles. The number of H-pyrrole nitrogens is 1. The summed E-state index contributed by atoms with van der Waals surface area (Å²) in [5, 5.41) is 11.7. The topological polar surface area (TPSA) is 86.9 Å².